The summed E-state index contributed by atoms with van der Waals surface area (Å²) in [5.74, 6) is -0.176. The summed E-state index contributed by atoms with van der Waals surface area (Å²) in [7, 11) is 0. The third-order valence-corrected chi connectivity index (χ3v) is 13.9. The van der Waals surface area contributed by atoms with E-state index in [1.807, 2.05) is 6.07 Å². The molecule has 0 bridgehead atoms. The molecule has 1 aromatic heterocycles. The summed E-state index contributed by atoms with van der Waals surface area (Å²) in [5, 5.41) is 64.6. The number of hydrogen-bond acceptors (Lipinski definition) is 14. The van der Waals surface area contributed by atoms with Gasteiger partial charge in [-0.3, -0.25) is 4.79 Å². The molecular weight excluding hydrogens is 680 g/mol. The average molecular weight is 735 g/mol. The van der Waals surface area contributed by atoms with Gasteiger partial charge in [0, 0.05) is 18.4 Å². The number of allylic oxidation sites excluding steroid dienone is 1. The maximum atomic E-state index is 12.6. The molecule has 0 radical (unpaired) electrons. The number of aliphatic hydroxyl groups is 6. The summed E-state index contributed by atoms with van der Waals surface area (Å²) in [4.78, 5) is 23.8. The Morgan fingerprint density at radius 3 is 2.33 bits per heavy atom. The molecule has 3 heterocycles. The number of fused-ring (bicyclic) bond motifs is 5. The highest BCUT2D eigenvalue weighted by Gasteiger charge is 2.67. The summed E-state index contributed by atoms with van der Waals surface area (Å²) < 4.78 is 34.7. The molecule has 4 aliphatic carbocycles. The van der Waals surface area contributed by atoms with E-state index < -0.39 is 85.7 Å². The zero-order valence-corrected chi connectivity index (χ0v) is 30.2. The summed E-state index contributed by atoms with van der Waals surface area (Å²) in [6, 6.07) is 3.31. The first-order chi connectivity index (χ1) is 24.6. The highest BCUT2D eigenvalue weighted by Crippen LogP contribution is 2.70. The van der Waals surface area contributed by atoms with Crippen molar-refractivity contribution >= 4 is 5.97 Å². The number of carbonyl (C=O) groups is 1. The highest BCUT2D eigenvalue weighted by molar-refractivity contribution is 5.66. The molecule has 2 saturated heterocycles. The summed E-state index contributed by atoms with van der Waals surface area (Å²) in [5.41, 5.74) is 0.560. The lowest BCUT2D eigenvalue weighted by Gasteiger charge is -2.62. The molecule has 6 N–H and O–H groups in total. The highest BCUT2D eigenvalue weighted by atomic mass is 16.7. The van der Waals surface area contributed by atoms with Crippen LogP contribution in [-0.2, 0) is 28.5 Å². The van der Waals surface area contributed by atoms with Crippen molar-refractivity contribution in [2.75, 3.05) is 6.61 Å². The molecule has 0 spiro atoms. The van der Waals surface area contributed by atoms with Crippen LogP contribution in [0.2, 0.25) is 0 Å². The first kappa shape index (κ1) is 38.1. The predicted octanol–water partition coefficient (Wildman–Crippen LogP) is 1.41. The minimum Gasteiger partial charge on any atom is -0.457 e. The summed E-state index contributed by atoms with van der Waals surface area (Å²) >= 11 is 0. The number of hydrogen-bond donors (Lipinski definition) is 6. The Hall–Kier alpha value is -2.24. The van der Waals surface area contributed by atoms with Gasteiger partial charge < -0.3 is 58.7 Å². The van der Waals surface area contributed by atoms with Crippen LogP contribution < -0.4 is 5.63 Å². The van der Waals surface area contributed by atoms with Gasteiger partial charge in [0.05, 0.1) is 30.7 Å². The third-order valence-electron chi connectivity index (χ3n) is 13.9. The van der Waals surface area contributed by atoms with Crippen molar-refractivity contribution < 1.29 is 63.5 Å². The molecule has 3 saturated carbocycles. The molecule has 17 atom stereocenters. The second-order valence-electron chi connectivity index (χ2n) is 16.5. The molecule has 6 aliphatic rings. The number of carbonyl (C=O) groups excluding carboxylic acids is 1. The molecule has 0 aromatic carbocycles. The number of esters is 1. The van der Waals surface area contributed by atoms with Crippen LogP contribution in [0, 0.1) is 22.7 Å². The van der Waals surface area contributed by atoms with E-state index in [1.165, 1.54) is 18.6 Å². The second kappa shape index (κ2) is 14.1. The fourth-order valence-corrected chi connectivity index (χ4v) is 11.0. The van der Waals surface area contributed by atoms with Gasteiger partial charge in [-0.1, -0.05) is 25.5 Å². The fourth-order valence-electron chi connectivity index (χ4n) is 11.0. The Morgan fingerprint density at radius 2 is 1.63 bits per heavy atom. The van der Waals surface area contributed by atoms with Gasteiger partial charge in [0.25, 0.3) is 0 Å². The molecule has 14 heteroatoms. The van der Waals surface area contributed by atoms with Crippen molar-refractivity contribution in [3.63, 3.8) is 0 Å². The van der Waals surface area contributed by atoms with Gasteiger partial charge in [-0.2, -0.15) is 0 Å². The topological polar surface area (TPSA) is 215 Å². The molecule has 1 aromatic rings. The van der Waals surface area contributed by atoms with Crippen LogP contribution >= 0.6 is 0 Å². The van der Waals surface area contributed by atoms with Crippen LogP contribution in [0.5, 0.6) is 0 Å². The molecule has 290 valence electrons. The number of aliphatic hydroxyl groups excluding tert-OH is 5. The quantitative estimate of drug-likeness (QED) is 0.173. The van der Waals surface area contributed by atoms with Crippen LogP contribution in [0.1, 0.15) is 90.5 Å². The van der Waals surface area contributed by atoms with Crippen LogP contribution in [0.15, 0.2) is 39.3 Å². The molecule has 0 amide bonds. The van der Waals surface area contributed by atoms with Gasteiger partial charge in [-0.15, -0.1) is 0 Å². The molecule has 2 aliphatic heterocycles. The van der Waals surface area contributed by atoms with E-state index in [0.29, 0.717) is 12.8 Å². The molecule has 14 nitrogen and oxygen atoms in total. The van der Waals surface area contributed by atoms with Crippen LogP contribution in [0.25, 0.3) is 0 Å². The van der Waals surface area contributed by atoms with Gasteiger partial charge in [-0.05, 0) is 93.1 Å². The Labute approximate surface area is 302 Å². The Balaban J connectivity index is 1.05. The maximum Gasteiger partial charge on any atom is 0.335 e. The molecule has 5 fully saturated rings. The lowest BCUT2D eigenvalue weighted by Crippen LogP contribution is -2.64. The van der Waals surface area contributed by atoms with Crippen LogP contribution in [-0.4, -0.2) is 116 Å². The maximum absolute atomic E-state index is 12.6. The Kier molecular flexibility index (Phi) is 10.3. The largest absolute Gasteiger partial charge is 0.457 e. The predicted molar refractivity (Wildman–Crippen MR) is 180 cm³/mol. The van der Waals surface area contributed by atoms with Crippen molar-refractivity contribution in [2.45, 2.75) is 158 Å². The van der Waals surface area contributed by atoms with E-state index >= 15 is 0 Å². The normalized spacial score (nSPS) is 48.9. The SMILES string of the molecule is CC(=O)OC1C(O)C(OC2C=C3CCC4C(CCC5(C)C(c6ccc(=O)oc6)CCC45O)C3(C)CC2)OC(C)C1OC1OC(CO)C(O)C(O)C1O. The second-order valence-corrected chi connectivity index (χ2v) is 16.5. The minimum atomic E-state index is -1.70. The van der Waals surface area contributed by atoms with Gasteiger partial charge in [0.2, 0.25) is 0 Å². The van der Waals surface area contributed by atoms with Crippen molar-refractivity contribution in [1.29, 1.82) is 0 Å². The first-order valence-corrected chi connectivity index (χ1v) is 18.8. The number of rotatable bonds is 7. The smallest absolute Gasteiger partial charge is 0.335 e. The molecule has 7 rings (SSSR count). The number of ether oxygens (including phenoxy) is 5. The Bertz CT molecular complexity index is 1540. The van der Waals surface area contributed by atoms with Gasteiger partial charge in [0.1, 0.15) is 36.6 Å². The van der Waals surface area contributed by atoms with Gasteiger partial charge >= 0.3 is 11.6 Å². The summed E-state index contributed by atoms with van der Waals surface area (Å²) in [6.45, 7) is 6.69. The zero-order chi connectivity index (χ0) is 37.3. The van der Waals surface area contributed by atoms with Crippen LogP contribution in [0.4, 0.5) is 0 Å². The van der Waals surface area contributed by atoms with Crippen LogP contribution in [0.3, 0.4) is 0 Å². The minimum absolute atomic E-state index is 0.110. The lowest BCUT2D eigenvalue weighted by atomic mass is 9.45. The average Bonchev–Trinajstić information content (AvgIpc) is 3.39. The van der Waals surface area contributed by atoms with E-state index in [-0.39, 0.29) is 34.2 Å². The monoisotopic (exact) mass is 734 g/mol. The zero-order valence-electron chi connectivity index (χ0n) is 30.2. The Morgan fingerprint density at radius 1 is 0.885 bits per heavy atom. The molecule has 17 unspecified atom stereocenters. The van der Waals surface area contributed by atoms with E-state index in [0.717, 1.165) is 44.1 Å². The van der Waals surface area contributed by atoms with Crippen molar-refractivity contribution in [1.82, 2.24) is 0 Å². The van der Waals surface area contributed by atoms with Crippen molar-refractivity contribution in [2.24, 2.45) is 22.7 Å². The van der Waals surface area contributed by atoms with Gasteiger partial charge in [-0.25, -0.2) is 4.79 Å². The van der Waals surface area contributed by atoms with E-state index in [2.05, 4.69) is 19.9 Å². The fraction of sp³-hybridized carbons (Fsp3) is 0.789. The van der Waals surface area contributed by atoms with E-state index in [9.17, 15) is 40.2 Å². The first-order valence-electron chi connectivity index (χ1n) is 18.8. The third kappa shape index (κ3) is 6.20. The van der Waals surface area contributed by atoms with Crippen molar-refractivity contribution in [3.05, 3.63) is 46.0 Å². The van der Waals surface area contributed by atoms with Crippen molar-refractivity contribution in [3.8, 4) is 0 Å². The molecule has 52 heavy (non-hydrogen) atoms. The molecular formula is C38H54O14. The standard InChI is InChI=1S/C38H54O14/c1-18-32(52-34-30(44)29(43)28(42)26(16-39)51-34)33(49-19(2)40)31(45)35(48-18)50-22-9-12-36(3)21(15-22)6-7-25-24(36)10-13-37(4)23(11-14-38(25,37)46)20-5-8-27(41)47-17-20/h5,8,15,17-18,22-26,28-35,39,42-46H,6-7,9-14,16H2,1-4H3. The summed E-state index contributed by atoms with van der Waals surface area (Å²) in [6.07, 6.45) is -3.91. The van der Waals surface area contributed by atoms with Gasteiger partial charge in [0.15, 0.2) is 18.7 Å². The van der Waals surface area contributed by atoms with E-state index in [4.69, 9.17) is 28.1 Å². The van der Waals surface area contributed by atoms with E-state index in [1.54, 1.807) is 13.2 Å². The lowest BCUT2D eigenvalue weighted by molar-refractivity contribution is -0.358.